The van der Waals surface area contributed by atoms with Crippen LogP contribution in [-0.4, -0.2) is 86.6 Å². The van der Waals surface area contributed by atoms with Gasteiger partial charge in [0.2, 0.25) is 15.9 Å². The summed E-state index contributed by atoms with van der Waals surface area (Å²) < 4.78 is 22.0. The molecule has 8 heteroatoms. The SMILES string of the molecule is CC(=O)N1CCN([C@@H]2CN(CCCS(N)(=O)=O)C[C@@H]2C)CC1. The van der Waals surface area contributed by atoms with Gasteiger partial charge in [-0.3, -0.25) is 9.69 Å². The Morgan fingerprint density at radius 1 is 1.18 bits per heavy atom. The zero-order valence-corrected chi connectivity index (χ0v) is 14.4. The number of hydrogen-bond acceptors (Lipinski definition) is 5. The first kappa shape index (κ1) is 17.7. The van der Waals surface area contributed by atoms with Gasteiger partial charge in [0.15, 0.2) is 0 Å². The highest BCUT2D eigenvalue weighted by Gasteiger charge is 2.35. The fourth-order valence-corrected chi connectivity index (χ4v) is 4.10. The molecule has 7 nitrogen and oxygen atoms in total. The second kappa shape index (κ2) is 7.25. The van der Waals surface area contributed by atoms with E-state index < -0.39 is 10.0 Å². The first-order chi connectivity index (χ1) is 10.3. The molecule has 0 aromatic rings. The minimum absolute atomic E-state index is 0.0554. The van der Waals surface area contributed by atoms with Crippen LogP contribution in [0.5, 0.6) is 0 Å². The molecule has 0 radical (unpaired) electrons. The molecule has 1 amide bonds. The van der Waals surface area contributed by atoms with Crippen LogP contribution in [0.4, 0.5) is 0 Å². The zero-order chi connectivity index (χ0) is 16.3. The van der Waals surface area contributed by atoms with Crippen molar-refractivity contribution < 1.29 is 13.2 Å². The van der Waals surface area contributed by atoms with E-state index in [4.69, 9.17) is 5.14 Å². The molecule has 0 unspecified atom stereocenters. The average Bonchev–Trinajstić information content (AvgIpc) is 2.78. The van der Waals surface area contributed by atoms with E-state index in [0.29, 0.717) is 18.4 Å². The molecule has 0 bridgehead atoms. The topological polar surface area (TPSA) is 86.9 Å². The summed E-state index contributed by atoms with van der Waals surface area (Å²) in [5.41, 5.74) is 0. The maximum Gasteiger partial charge on any atom is 0.219 e. The predicted molar refractivity (Wildman–Crippen MR) is 85.8 cm³/mol. The molecule has 2 saturated heterocycles. The Labute approximate surface area is 133 Å². The number of carbonyl (C=O) groups is 1. The standard InChI is InChI=1S/C14H28N4O3S/c1-12-10-16(4-3-9-22(15,20)21)11-14(12)18-7-5-17(6-8-18)13(2)19/h12,14H,3-11H2,1-2H3,(H2,15,20,21)/t12-,14+/m0/s1. The van der Waals surface area contributed by atoms with Gasteiger partial charge in [0.05, 0.1) is 5.75 Å². The van der Waals surface area contributed by atoms with Crippen molar-refractivity contribution in [3.63, 3.8) is 0 Å². The van der Waals surface area contributed by atoms with Crippen LogP contribution in [-0.2, 0) is 14.8 Å². The first-order valence-corrected chi connectivity index (χ1v) is 9.70. The number of carbonyl (C=O) groups excluding carboxylic acids is 1. The van der Waals surface area contributed by atoms with Crippen LogP contribution in [0.15, 0.2) is 0 Å². The van der Waals surface area contributed by atoms with E-state index in [1.807, 2.05) is 4.90 Å². The fourth-order valence-electron chi connectivity index (χ4n) is 3.56. The van der Waals surface area contributed by atoms with Crippen LogP contribution in [0.1, 0.15) is 20.3 Å². The molecule has 2 heterocycles. The van der Waals surface area contributed by atoms with Crippen molar-refractivity contribution in [2.75, 3.05) is 51.6 Å². The van der Waals surface area contributed by atoms with Crippen molar-refractivity contribution in [3.8, 4) is 0 Å². The minimum Gasteiger partial charge on any atom is -0.340 e. The molecule has 0 aliphatic carbocycles. The lowest BCUT2D eigenvalue weighted by Gasteiger charge is -2.39. The highest BCUT2D eigenvalue weighted by atomic mass is 32.2. The second-order valence-electron chi connectivity index (χ2n) is 6.57. The van der Waals surface area contributed by atoms with Crippen molar-refractivity contribution in [1.82, 2.24) is 14.7 Å². The summed E-state index contributed by atoms with van der Waals surface area (Å²) in [6.07, 6.45) is 0.594. The van der Waals surface area contributed by atoms with E-state index in [9.17, 15) is 13.2 Å². The Bertz CT molecular complexity index is 488. The van der Waals surface area contributed by atoms with Crippen LogP contribution in [0.25, 0.3) is 0 Å². The zero-order valence-electron chi connectivity index (χ0n) is 13.6. The number of likely N-dealkylation sites (tertiary alicyclic amines) is 1. The predicted octanol–water partition coefficient (Wildman–Crippen LogP) is -0.851. The van der Waals surface area contributed by atoms with E-state index in [2.05, 4.69) is 16.7 Å². The molecule has 0 spiro atoms. The Morgan fingerprint density at radius 3 is 2.36 bits per heavy atom. The third-order valence-electron chi connectivity index (χ3n) is 4.78. The quantitative estimate of drug-likeness (QED) is 0.709. The molecule has 0 saturated carbocycles. The van der Waals surface area contributed by atoms with Gasteiger partial charge in [-0.15, -0.1) is 0 Å². The van der Waals surface area contributed by atoms with Gasteiger partial charge in [-0.2, -0.15) is 0 Å². The maximum absolute atomic E-state index is 11.4. The van der Waals surface area contributed by atoms with Crippen LogP contribution in [0, 0.1) is 5.92 Å². The molecule has 2 atom stereocenters. The van der Waals surface area contributed by atoms with Crippen molar-refractivity contribution in [1.29, 1.82) is 0 Å². The largest absolute Gasteiger partial charge is 0.340 e. The molecule has 0 aromatic heterocycles. The molecule has 2 aliphatic rings. The van der Waals surface area contributed by atoms with E-state index in [0.717, 1.165) is 45.8 Å². The van der Waals surface area contributed by atoms with Crippen molar-refractivity contribution in [2.45, 2.75) is 26.3 Å². The molecule has 2 rings (SSSR count). The molecular formula is C14H28N4O3S. The summed E-state index contributed by atoms with van der Waals surface area (Å²) in [4.78, 5) is 18.1. The van der Waals surface area contributed by atoms with E-state index >= 15 is 0 Å². The summed E-state index contributed by atoms with van der Waals surface area (Å²) in [6, 6.07) is 0.503. The summed E-state index contributed by atoms with van der Waals surface area (Å²) in [5, 5.41) is 5.04. The monoisotopic (exact) mass is 332 g/mol. The molecule has 0 aromatic carbocycles. The lowest BCUT2D eigenvalue weighted by molar-refractivity contribution is -0.130. The number of nitrogens with zero attached hydrogens (tertiary/aromatic N) is 3. The van der Waals surface area contributed by atoms with Crippen LogP contribution < -0.4 is 5.14 Å². The minimum atomic E-state index is -3.35. The van der Waals surface area contributed by atoms with Gasteiger partial charge >= 0.3 is 0 Å². The van der Waals surface area contributed by atoms with Gasteiger partial charge in [0.25, 0.3) is 0 Å². The van der Waals surface area contributed by atoms with Crippen LogP contribution in [0.3, 0.4) is 0 Å². The molecule has 2 N–H and O–H groups in total. The number of hydrogen-bond donors (Lipinski definition) is 1. The first-order valence-electron chi connectivity index (χ1n) is 7.98. The lowest BCUT2D eigenvalue weighted by atomic mass is 10.0. The van der Waals surface area contributed by atoms with Crippen LogP contribution >= 0.6 is 0 Å². The number of sulfonamides is 1. The summed E-state index contributed by atoms with van der Waals surface area (Å²) in [5.74, 6) is 0.780. The highest BCUT2D eigenvalue weighted by Crippen LogP contribution is 2.23. The van der Waals surface area contributed by atoms with Gasteiger partial charge in [-0.05, 0) is 18.9 Å². The Balaban J connectivity index is 1.78. The number of piperazine rings is 1. The lowest BCUT2D eigenvalue weighted by Crippen LogP contribution is -2.53. The van der Waals surface area contributed by atoms with Gasteiger partial charge < -0.3 is 9.80 Å². The summed E-state index contributed by atoms with van der Waals surface area (Å²) >= 11 is 0. The van der Waals surface area contributed by atoms with Crippen molar-refractivity contribution in [2.24, 2.45) is 11.1 Å². The third-order valence-corrected chi connectivity index (χ3v) is 5.64. The average molecular weight is 332 g/mol. The summed E-state index contributed by atoms with van der Waals surface area (Å²) in [6.45, 7) is 10.1. The van der Waals surface area contributed by atoms with E-state index in [-0.39, 0.29) is 11.7 Å². The van der Waals surface area contributed by atoms with E-state index in [1.165, 1.54) is 0 Å². The molecule has 2 aliphatic heterocycles. The van der Waals surface area contributed by atoms with Gasteiger partial charge in [0, 0.05) is 52.2 Å². The van der Waals surface area contributed by atoms with Gasteiger partial charge in [0.1, 0.15) is 0 Å². The van der Waals surface area contributed by atoms with E-state index in [1.54, 1.807) is 6.92 Å². The number of nitrogens with two attached hydrogens (primary N) is 1. The molecule has 22 heavy (non-hydrogen) atoms. The molecule has 128 valence electrons. The van der Waals surface area contributed by atoms with Crippen molar-refractivity contribution in [3.05, 3.63) is 0 Å². The Morgan fingerprint density at radius 2 is 1.82 bits per heavy atom. The van der Waals surface area contributed by atoms with Gasteiger partial charge in [-0.25, -0.2) is 13.6 Å². The fraction of sp³-hybridized carbons (Fsp3) is 0.929. The number of amides is 1. The van der Waals surface area contributed by atoms with Crippen LogP contribution in [0.2, 0.25) is 0 Å². The second-order valence-corrected chi connectivity index (χ2v) is 8.30. The number of primary sulfonamides is 1. The molecule has 2 fully saturated rings. The normalized spacial score (nSPS) is 28.2. The van der Waals surface area contributed by atoms with Crippen molar-refractivity contribution >= 4 is 15.9 Å². The smallest absolute Gasteiger partial charge is 0.219 e. The summed E-state index contributed by atoms with van der Waals surface area (Å²) in [7, 11) is -3.35. The molecular weight excluding hydrogens is 304 g/mol. The highest BCUT2D eigenvalue weighted by molar-refractivity contribution is 7.89. The Hall–Kier alpha value is -0.700. The third kappa shape index (κ3) is 4.91. The maximum atomic E-state index is 11.4. The Kier molecular flexibility index (Phi) is 5.81. The van der Waals surface area contributed by atoms with Gasteiger partial charge in [-0.1, -0.05) is 6.92 Å². The number of rotatable bonds is 5.